The summed E-state index contributed by atoms with van der Waals surface area (Å²) in [7, 11) is 3.26. The van der Waals surface area contributed by atoms with Crippen molar-refractivity contribution in [2.45, 2.75) is 6.42 Å². The number of nitrogens with zero attached hydrogens (tertiary/aromatic N) is 1. The van der Waals surface area contributed by atoms with Crippen LogP contribution in [0.15, 0.2) is 22.7 Å². The van der Waals surface area contributed by atoms with Gasteiger partial charge in [-0.15, -0.1) is 0 Å². The summed E-state index contributed by atoms with van der Waals surface area (Å²) >= 11 is 3.22. The van der Waals surface area contributed by atoms with E-state index >= 15 is 0 Å². The van der Waals surface area contributed by atoms with E-state index in [4.69, 9.17) is 4.74 Å². The first-order valence-electron chi connectivity index (χ1n) is 5.25. The van der Waals surface area contributed by atoms with E-state index in [0.29, 0.717) is 17.6 Å². The van der Waals surface area contributed by atoms with Gasteiger partial charge in [0.15, 0.2) is 0 Å². The third kappa shape index (κ3) is 4.09. The Morgan fingerprint density at radius 1 is 1.53 bits per heavy atom. The molecule has 1 aromatic rings. The first kappa shape index (κ1) is 14.1. The van der Waals surface area contributed by atoms with E-state index in [1.165, 1.54) is 17.0 Å². The van der Waals surface area contributed by atoms with Crippen molar-refractivity contribution in [1.29, 1.82) is 0 Å². The molecule has 0 heterocycles. The lowest BCUT2D eigenvalue weighted by atomic mass is 10.2. The third-order valence-electron chi connectivity index (χ3n) is 2.35. The van der Waals surface area contributed by atoms with Crippen molar-refractivity contribution < 1.29 is 13.9 Å². The molecular formula is C12H15BrFNO2. The largest absolute Gasteiger partial charge is 0.385 e. The van der Waals surface area contributed by atoms with E-state index in [2.05, 4.69) is 15.9 Å². The Balaban J connectivity index is 2.71. The Hall–Kier alpha value is -0.940. The van der Waals surface area contributed by atoms with Crippen molar-refractivity contribution in [2.24, 2.45) is 0 Å². The Labute approximate surface area is 109 Å². The number of hydrogen-bond acceptors (Lipinski definition) is 2. The highest BCUT2D eigenvalue weighted by atomic mass is 79.9. The zero-order valence-corrected chi connectivity index (χ0v) is 11.5. The third-order valence-corrected chi connectivity index (χ3v) is 2.84. The molecule has 0 fully saturated rings. The van der Waals surface area contributed by atoms with Crippen LogP contribution < -0.4 is 0 Å². The fraction of sp³-hybridized carbons (Fsp3) is 0.417. The smallest absolute Gasteiger partial charge is 0.256 e. The van der Waals surface area contributed by atoms with Gasteiger partial charge in [0, 0.05) is 31.8 Å². The number of amides is 1. The monoisotopic (exact) mass is 303 g/mol. The lowest BCUT2D eigenvalue weighted by Crippen LogP contribution is -2.29. The van der Waals surface area contributed by atoms with Gasteiger partial charge in [-0.25, -0.2) is 4.39 Å². The zero-order chi connectivity index (χ0) is 12.8. The lowest BCUT2D eigenvalue weighted by molar-refractivity contribution is 0.0774. The molecule has 0 N–H and O–H groups in total. The minimum Gasteiger partial charge on any atom is -0.385 e. The molecule has 0 aliphatic carbocycles. The van der Waals surface area contributed by atoms with Crippen molar-refractivity contribution in [3.05, 3.63) is 34.1 Å². The van der Waals surface area contributed by atoms with E-state index in [0.717, 1.165) is 6.42 Å². The van der Waals surface area contributed by atoms with E-state index in [9.17, 15) is 9.18 Å². The van der Waals surface area contributed by atoms with Gasteiger partial charge >= 0.3 is 0 Å². The number of rotatable bonds is 5. The summed E-state index contributed by atoms with van der Waals surface area (Å²) < 4.78 is 19.1. The van der Waals surface area contributed by atoms with E-state index in [1.54, 1.807) is 20.2 Å². The second-order valence-corrected chi connectivity index (χ2v) is 4.61. The van der Waals surface area contributed by atoms with Gasteiger partial charge in [0.2, 0.25) is 0 Å². The second kappa shape index (κ2) is 6.71. The molecule has 1 amide bonds. The number of methoxy groups -OCH3 is 1. The summed E-state index contributed by atoms with van der Waals surface area (Å²) in [5.74, 6) is -0.823. The van der Waals surface area contributed by atoms with Gasteiger partial charge in [0.1, 0.15) is 5.82 Å². The van der Waals surface area contributed by atoms with Crippen LogP contribution in [0.3, 0.4) is 0 Å². The second-order valence-electron chi connectivity index (χ2n) is 3.70. The summed E-state index contributed by atoms with van der Waals surface area (Å²) in [4.78, 5) is 13.4. The minimum atomic E-state index is -0.503. The van der Waals surface area contributed by atoms with Crippen LogP contribution in [0.5, 0.6) is 0 Å². The van der Waals surface area contributed by atoms with Crippen LogP contribution in [0.25, 0.3) is 0 Å². The molecule has 0 saturated carbocycles. The molecule has 17 heavy (non-hydrogen) atoms. The van der Waals surface area contributed by atoms with Gasteiger partial charge in [-0.3, -0.25) is 4.79 Å². The molecule has 0 atom stereocenters. The molecule has 94 valence electrons. The number of benzene rings is 1. The summed E-state index contributed by atoms with van der Waals surface area (Å²) in [5.41, 5.74) is 0.0827. The van der Waals surface area contributed by atoms with Crippen molar-refractivity contribution in [3.8, 4) is 0 Å². The first-order chi connectivity index (χ1) is 8.06. The molecule has 5 heteroatoms. The maximum atomic E-state index is 13.5. The normalized spacial score (nSPS) is 10.4. The van der Waals surface area contributed by atoms with E-state index < -0.39 is 5.82 Å². The van der Waals surface area contributed by atoms with Crippen LogP contribution in [0.2, 0.25) is 0 Å². The highest BCUT2D eigenvalue weighted by Crippen LogP contribution is 2.17. The van der Waals surface area contributed by atoms with Crippen LogP contribution in [0.4, 0.5) is 4.39 Å². The fourth-order valence-electron chi connectivity index (χ4n) is 1.41. The summed E-state index contributed by atoms with van der Waals surface area (Å²) in [5, 5.41) is 0. The van der Waals surface area contributed by atoms with Crippen molar-refractivity contribution in [1.82, 2.24) is 4.90 Å². The van der Waals surface area contributed by atoms with Gasteiger partial charge in [-0.1, -0.05) is 15.9 Å². The van der Waals surface area contributed by atoms with Crippen molar-refractivity contribution >= 4 is 21.8 Å². The van der Waals surface area contributed by atoms with Gasteiger partial charge in [-0.05, 0) is 24.6 Å². The average Bonchev–Trinajstić information content (AvgIpc) is 2.31. The maximum absolute atomic E-state index is 13.5. The summed E-state index contributed by atoms with van der Waals surface area (Å²) in [6.45, 7) is 1.12. The predicted molar refractivity (Wildman–Crippen MR) is 67.6 cm³/mol. The lowest BCUT2D eigenvalue weighted by Gasteiger charge is -2.17. The molecule has 0 spiro atoms. The fourth-order valence-corrected chi connectivity index (χ4v) is 1.78. The molecule has 0 aromatic heterocycles. The molecule has 3 nitrogen and oxygen atoms in total. The summed E-state index contributed by atoms with van der Waals surface area (Å²) in [6, 6.07) is 4.34. The zero-order valence-electron chi connectivity index (χ0n) is 9.87. The van der Waals surface area contributed by atoms with Crippen LogP contribution in [-0.4, -0.2) is 38.1 Å². The molecule has 0 unspecified atom stereocenters. The predicted octanol–water partition coefficient (Wildman–Crippen LogP) is 2.70. The molecule has 0 aliphatic heterocycles. The average molecular weight is 304 g/mol. The number of carbonyl (C=O) groups is 1. The van der Waals surface area contributed by atoms with Crippen molar-refractivity contribution in [2.75, 3.05) is 27.3 Å². The Morgan fingerprint density at radius 3 is 2.88 bits per heavy atom. The summed E-state index contributed by atoms with van der Waals surface area (Å²) in [6.07, 6.45) is 0.731. The quantitative estimate of drug-likeness (QED) is 0.783. The van der Waals surface area contributed by atoms with E-state index in [-0.39, 0.29) is 11.5 Å². The maximum Gasteiger partial charge on any atom is 0.256 e. The molecule has 0 radical (unpaired) electrons. The van der Waals surface area contributed by atoms with Gasteiger partial charge in [0.25, 0.3) is 5.91 Å². The Bertz CT molecular complexity index is 398. The number of halogens is 2. The van der Waals surface area contributed by atoms with Crippen LogP contribution in [-0.2, 0) is 4.74 Å². The number of hydrogen-bond donors (Lipinski definition) is 0. The minimum absolute atomic E-state index is 0.0827. The highest BCUT2D eigenvalue weighted by Gasteiger charge is 2.16. The van der Waals surface area contributed by atoms with Crippen LogP contribution in [0.1, 0.15) is 16.8 Å². The van der Waals surface area contributed by atoms with E-state index in [1.807, 2.05) is 0 Å². The van der Waals surface area contributed by atoms with Gasteiger partial charge < -0.3 is 9.64 Å². The molecule has 0 aliphatic rings. The molecular weight excluding hydrogens is 289 g/mol. The first-order valence-corrected chi connectivity index (χ1v) is 6.05. The number of carbonyl (C=O) groups excluding carboxylic acids is 1. The number of ether oxygens (including phenoxy) is 1. The van der Waals surface area contributed by atoms with Gasteiger partial charge in [-0.2, -0.15) is 0 Å². The van der Waals surface area contributed by atoms with Crippen LogP contribution in [0, 0.1) is 5.82 Å². The SMILES string of the molecule is COCCCN(C)C(=O)c1cc(Br)ccc1F. The topological polar surface area (TPSA) is 29.5 Å². The molecule has 1 rings (SSSR count). The van der Waals surface area contributed by atoms with Gasteiger partial charge in [0.05, 0.1) is 5.56 Å². The molecule has 0 bridgehead atoms. The van der Waals surface area contributed by atoms with Crippen LogP contribution >= 0.6 is 15.9 Å². The Kier molecular flexibility index (Phi) is 5.58. The standard InChI is InChI=1S/C12H15BrFNO2/c1-15(6-3-7-17-2)12(16)10-8-9(13)4-5-11(10)14/h4-5,8H,3,6-7H2,1-2H3. The molecule has 1 aromatic carbocycles. The highest BCUT2D eigenvalue weighted by molar-refractivity contribution is 9.10. The molecule has 0 saturated heterocycles. The Morgan fingerprint density at radius 2 is 2.24 bits per heavy atom. The van der Waals surface area contributed by atoms with Crippen molar-refractivity contribution in [3.63, 3.8) is 0 Å².